The Bertz CT molecular complexity index is 2310. The SMILES string of the molecule is CC/C=C\C/C=C\C/C=C\C/C=C\C/C=C\C/C=C\C/C=C\C/C=C\CCCCCCCCCCCCCCCCC(=O)OC(COC(=O)CCCCCCCCCCCCCCCCCCCCCC/C=C\C/C=C\C/C=C\C/C=C\C/C=C\C/C=C\CC)COC(OCC[N+](C)(C)C)C(=O)O. The van der Waals surface area contributed by atoms with Gasteiger partial charge in [-0.2, -0.15) is 0 Å². The first kappa shape index (κ1) is 97.7. The molecule has 0 fully saturated rings. The summed E-state index contributed by atoms with van der Waals surface area (Å²) in [5, 5.41) is 9.79. The van der Waals surface area contributed by atoms with Crippen LogP contribution >= 0.6 is 0 Å². The van der Waals surface area contributed by atoms with E-state index >= 15 is 0 Å². The van der Waals surface area contributed by atoms with Crippen molar-refractivity contribution in [3.05, 3.63) is 170 Å². The van der Waals surface area contributed by atoms with Gasteiger partial charge >= 0.3 is 17.9 Å². The van der Waals surface area contributed by atoms with Gasteiger partial charge in [-0.1, -0.05) is 377 Å². The lowest BCUT2D eigenvalue weighted by molar-refractivity contribution is -0.870. The first-order valence-electron chi connectivity index (χ1n) is 42.3. The summed E-state index contributed by atoms with van der Waals surface area (Å²) in [5.41, 5.74) is 0. The van der Waals surface area contributed by atoms with Gasteiger partial charge in [0.15, 0.2) is 6.10 Å². The summed E-state index contributed by atoms with van der Waals surface area (Å²) in [6.45, 7) is 4.67. The number of aliphatic carboxylic acids is 1. The van der Waals surface area contributed by atoms with Gasteiger partial charge in [0, 0.05) is 12.8 Å². The van der Waals surface area contributed by atoms with Gasteiger partial charge in [-0.15, -0.1) is 0 Å². The van der Waals surface area contributed by atoms with Crippen LogP contribution in [0.25, 0.3) is 0 Å². The molecule has 0 saturated heterocycles. The van der Waals surface area contributed by atoms with E-state index in [1.54, 1.807) is 0 Å². The Morgan fingerprint density at radius 1 is 0.291 bits per heavy atom. The van der Waals surface area contributed by atoms with Gasteiger partial charge in [-0.05, 0) is 128 Å². The molecule has 0 rings (SSSR count). The van der Waals surface area contributed by atoms with Crippen molar-refractivity contribution < 1.29 is 42.9 Å². The molecule has 0 aliphatic carbocycles. The third-order valence-corrected chi connectivity index (χ3v) is 18.0. The zero-order valence-corrected chi connectivity index (χ0v) is 67.2. The van der Waals surface area contributed by atoms with Crippen LogP contribution in [0.4, 0.5) is 0 Å². The van der Waals surface area contributed by atoms with Gasteiger partial charge in [0.05, 0.1) is 34.4 Å². The molecule has 0 saturated carbocycles. The van der Waals surface area contributed by atoms with E-state index in [9.17, 15) is 19.5 Å². The predicted molar refractivity (Wildman–Crippen MR) is 446 cm³/mol. The maximum atomic E-state index is 13.0. The molecule has 0 aliphatic heterocycles. The zero-order valence-electron chi connectivity index (χ0n) is 67.2. The standard InChI is InChI=1S/C94H157NO8/c1-6-8-10-12-14-16-18-20-22-24-26-28-30-32-34-36-38-40-42-44-46-48-50-52-54-56-58-60-62-64-66-68-70-72-74-76-78-80-82-84-91(96)101-88-90(89-102-94(93(98)99)100-87-86-95(3,4)5)103-92(97)85-83-81-79-77-75-73-71-69-67-65-63-61-59-57-55-53-51-49-47-45-43-41-39-37-35-33-31-29-27-25-23-21-19-17-15-13-11-9-7-2/h8-11,14-17,20-23,26-29,32-35,38-41,45,47,51,53,90,94H,6-7,12-13,18-19,24-25,30-31,36-37,42-44,46,48-50,52,54-89H2,1-5H3/p+1/b10-8-,11-9-,16-14-,17-15-,22-20-,23-21-,28-26-,29-27-,34-32-,35-33-,40-38-,41-39-,47-45-,53-51-. The minimum absolute atomic E-state index is 0.183. The van der Waals surface area contributed by atoms with Gasteiger partial charge in [-0.25, -0.2) is 4.79 Å². The topological polar surface area (TPSA) is 108 Å². The fourth-order valence-electron chi connectivity index (χ4n) is 11.6. The van der Waals surface area contributed by atoms with Crippen molar-refractivity contribution in [1.29, 1.82) is 0 Å². The molecule has 9 heteroatoms. The number of quaternary nitrogens is 1. The molecule has 1 N–H and O–H groups in total. The average molecular weight is 1430 g/mol. The Balaban J connectivity index is 4.02. The molecule has 9 nitrogen and oxygen atoms in total. The highest BCUT2D eigenvalue weighted by molar-refractivity contribution is 5.71. The second-order valence-corrected chi connectivity index (χ2v) is 29.0. The summed E-state index contributed by atoms with van der Waals surface area (Å²) >= 11 is 0. The van der Waals surface area contributed by atoms with Crippen LogP contribution in [-0.2, 0) is 33.3 Å². The van der Waals surface area contributed by atoms with Crippen LogP contribution in [0.15, 0.2) is 170 Å². The molecule has 0 radical (unpaired) electrons. The molecule has 103 heavy (non-hydrogen) atoms. The van der Waals surface area contributed by atoms with Crippen LogP contribution in [0.3, 0.4) is 0 Å². The number of hydrogen-bond acceptors (Lipinski definition) is 7. The molecule has 0 aromatic carbocycles. The quantitative estimate of drug-likeness (QED) is 0.0211. The second kappa shape index (κ2) is 82.3. The number of likely N-dealkylation sites (N-methyl/N-ethyl adjacent to an activating group) is 1. The van der Waals surface area contributed by atoms with Crippen molar-refractivity contribution in [3.8, 4) is 0 Å². The Morgan fingerprint density at radius 2 is 0.524 bits per heavy atom. The Morgan fingerprint density at radius 3 is 0.777 bits per heavy atom. The summed E-state index contributed by atoms with van der Waals surface area (Å²) < 4.78 is 23.1. The molecule has 0 amide bonds. The maximum Gasteiger partial charge on any atom is 0.361 e. The number of rotatable bonds is 77. The van der Waals surface area contributed by atoms with Crippen LogP contribution in [0.1, 0.15) is 348 Å². The number of nitrogens with zero attached hydrogens (tertiary/aromatic N) is 1. The third-order valence-electron chi connectivity index (χ3n) is 18.0. The number of hydrogen-bond donors (Lipinski definition) is 1. The smallest absolute Gasteiger partial charge is 0.361 e. The third kappa shape index (κ3) is 83.8. The summed E-state index contributed by atoms with van der Waals surface area (Å²) in [7, 11) is 5.99. The van der Waals surface area contributed by atoms with E-state index in [1.165, 1.54) is 186 Å². The molecule has 2 unspecified atom stereocenters. The van der Waals surface area contributed by atoms with Crippen LogP contribution in [-0.4, -0.2) is 87.4 Å². The van der Waals surface area contributed by atoms with Gasteiger partial charge in [0.1, 0.15) is 13.2 Å². The molecule has 0 bridgehead atoms. The van der Waals surface area contributed by atoms with Crippen molar-refractivity contribution in [2.24, 2.45) is 0 Å². The number of carboxylic acids is 1. The van der Waals surface area contributed by atoms with E-state index in [-0.39, 0.29) is 32.2 Å². The number of carboxylic acid groups (broad SMARTS) is 1. The van der Waals surface area contributed by atoms with Gasteiger partial charge < -0.3 is 28.5 Å². The van der Waals surface area contributed by atoms with E-state index in [0.717, 1.165) is 128 Å². The molecule has 2 atom stereocenters. The molecule has 586 valence electrons. The number of unbranched alkanes of at least 4 members (excludes halogenated alkanes) is 34. The van der Waals surface area contributed by atoms with Crippen molar-refractivity contribution in [2.45, 2.75) is 360 Å². The lowest BCUT2D eigenvalue weighted by Crippen LogP contribution is -2.40. The summed E-state index contributed by atoms with van der Waals surface area (Å²) in [6.07, 6.45) is 121. The molecular formula is C94H158NO8+. The lowest BCUT2D eigenvalue weighted by atomic mass is 10.0. The second-order valence-electron chi connectivity index (χ2n) is 29.0. The Labute approximate surface area is 635 Å². The number of esters is 2. The van der Waals surface area contributed by atoms with E-state index in [0.29, 0.717) is 23.9 Å². The van der Waals surface area contributed by atoms with E-state index in [1.807, 2.05) is 21.1 Å². The highest BCUT2D eigenvalue weighted by atomic mass is 16.7. The van der Waals surface area contributed by atoms with Crippen LogP contribution < -0.4 is 0 Å². The fourth-order valence-corrected chi connectivity index (χ4v) is 11.6. The number of ether oxygens (including phenoxy) is 4. The molecular weight excluding hydrogens is 1270 g/mol. The van der Waals surface area contributed by atoms with E-state index in [2.05, 4.69) is 184 Å². The average Bonchev–Trinajstić information content (AvgIpc) is 0.985. The molecule has 0 heterocycles. The van der Waals surface area contributed by atoms with Gasteiger partial charge in [0.2, 0.25) is 0 Å². The molecule has 0 aliphatic rings. The number of carbonyl (C=O) groups excluding carboxylic acids is 2. The van der Waals surface area contributed by atoms with Gasteiger partial charge in [-0.3, -0.25) is 9.59 Å². The van der Waals surface area contributed by atoms with Crippen LogP contribution in [0, 0.1) is 0 Å². The van der Waals surface area contributed by atoms with Crippen molar-refractivity contribution in [2.75, 3.05) is 47.5 Å². The van der Waals surface area contributed by atoms with E-state index < -0.39 is 24.3 Å². The van der Waals surface area contributed by atoms with Crippen molar-refractivity contribution in [3.63, 3.8) is 0 Å². The summed E-state index contributed by atoms with van der Waals surface area (Å²) in [4.78, 5) is 37.8. The number of carbonyl (C=O) groups is 3. The zero-order chi connectivity index (χ0) is 74.6. The first-order chi connectivity index (χ1) is 50.6. The normalized spacial score (nSPS) is 13.5. The fraction of sp³-hybridized carbons (Fsp3) is 0.670. The van der Waals surface area contributed by atoms with Crippen molar-refractivity contribution in [1.82, 2.24) is 0 Å². The van der Waals surface area contributed by atoms with Crippen molar-refractivity contribution >= 4 is 17.9 Å². The minimum atomic E-state index is -1.52. The molecule has 0 spiro atoms. The summed E-state index contributed by atoms with van der Waals surface area (Å²) in [6, 6.07) is 0. The van der Waals surface area contributed by atoms with E-state index in [4.69, 9.17) is 18.9 Å². The first-order valence-corrected chi connectivity index (χ1v) is 42.3. The molecule has 0 aromatic rings. The minimum Gasteiger partial charge on any atom is -0.477 e. The lowest BCUT2D eigenvalue weighted by Gasteiger charge is -2.25. The number of allylic oxidation sites excluding steroid dienone is 28. The predicted octanol–water partition coefficient (Wildman–Crippen LogP) is 27.7. The van der Waals surface area contributed by atoms with Crippen LogP contribution in [0.2, 0.25) is 0 Å². The van der Waals surface area contributed by atoms with Gasteiger partial charge in [0.25, 0.3) is 6.29 Å². The highest BCUT2D eigenvalue weighted by Crippen LogP contribution is 2.19. The maximum absolute atomic E-state index is 13.0. The van der Waals surface area contributed by atoms with Crippen LogP contribution in [0.5, 0.6) is 0 Å². The molecule has 0 aromatic heterocycles. The summed E-state index contributed by atoms with van der Waals surface area (Å²) in [5.74, 6) is -2.00. The Kier molecular flexibility index (Phi) is 78.0. The Hall–Kier alpha value is -5.35. The largest absolute Gasteiger partial charge is 0.477 e. The highest BCUT2D eigenvalue weighted by Gasteiger charge is 2.25. The monoisotopic (exact) mass is 1430 g/mol.